The second-order valence-corrected chi connectivity index (χ2v) is 7.84. The van der Waals surface area contributed by atoms with E-state index in [1.807, 2.05) is 11.1 Å². The fourth-order valence-corrected chi connectivity index (χ4v) is 4.19. The van der Waals surface area contributed by atoms with Crippen LogP contribution >= 0.6 is 0 Å². The third-order valence-electron chi connectivity index (χ3n) is 5.86. The molecule has 1 aromatic carbocycles. The Morgan fingerprint density at radius 3 is 2.86 bits per heavy atom. The lowest BCUT2D eigenvalue weighted by Crippen LogP contribution is -2.40. The van der Waals surface area contributed by atoms with Gasteiger partial charge in [-0.2, -0.15) is 0 Å². The molecule has 4 rings (SSSR count). The zero-order valence-corrected chi connectivity index (χ0v) is 17.4. The van der Waals surface area contributed by atoms with Crippen molar-refractivity contribution < 1.29 is 14.3 Å². The number of fused-ring (bicyclic) bond motifs is 1. The van der Waals surface area contributed by atoms with E-state index in [-0.39, 0.29) is 11.8 Å². The van der Waals surface area contributed by atoms with Crippen LogP contribution in [0.1, 0.15) is 46.2 Å². The predicted molar refractivity (Wildman–Crippen MR) is 109 cm³/mol. The van der Waals surface area contributed by atoms with Gasteiger partial charge >= 0.3 is 0 Å². The van der Waals surface area contributed by atoms with Crippen LogP contribution in [0.25, 0.3) is 0 Å². The molecule has 0 N–H and O–H groups in total. The third-order valence-corrected chi connectivity index (χ3v) is 5.86. The van der Waals surface area contributed by atoms with E-state index in [4.69, 9.17) is 14.5 Å². The molecule has 0 radical (unpaired) electrons. The number of amides is 1. The Morgan fingerprint density at radius 2 is 2.07 bits per heavy atom. The number of likely N-dealkylation sites (N-methyl/N-ethyl adjacent to an activating group) is 1. The summed E-state index contributed by atoms with van der Waals surface area (Å²) in [4.78, 5) is 26.9. The number of nitrogens with zero attached hydrogens (tertiary/aromatic N) is 4. The molecule has 29 heavy (non-hydrogen) atoms. The normalized spacial score (nSPS) is 19.6. The highest BCUT2D eigenvalue weighted by Gasteiger charge is 2.29. The molecule has 1 fully saturated rings. The summed E-state index contributed by atoms with van der Waals surface area (Å²) in [6.07, 6.45) is 4.88. The first-order valence-corrected chi connectivity index (χ1v) is 10.1. The largest absolute Gasteiger partial charge is 0.497 e. The number of likely N-dealkylation sites (tertiary alicyclic amines) is 1. The number of carbonyl (C=O) groups is 1. The average molecular weight is 396 g/mol. The van der Waals surface area contributed by atoms with Crippen molar-refractivity contribution in [3.63, 3.8) is 0 Å². The van der Waals surface area contributed by atoms with Gasteiger partial charge in [0.25, 0.3) is 5.91 Å². The van der Waals surface area contributed by atoms with E-state index in [0.29, 0.717) is 23.6 Å². The van der Waals surface area contributed by atoms with Crippen molar-refractivity contribution in [2.45, 2.75) is 31.7 Å². The van der Waals surface area contributed by atoms with Crippen LogP contribution < -0.4 is 9.47 Å². The maximum absolute atomic E-state index is 13.2. The molecule has 7 nitrogen and oxygen atoms in total. The zero-order chi connectivity index (χ0) is 20.4. The molecule has 0 saturated carbocycles. The van der Waals surface area contributed by atoms with Crippen LogP contribution in [0.4, 0.5) is 0 Å². The van der Waals surface area contributed by atoms with Crippen LogP contribution in [-0.2, 0) is 13.0 Å². The van der Waals surface area contributed by atoms with Crippen molar-refractivity contribution in [1.82, 2.24) is 19.8 Å². The molecule has 0 aliphatic carbocycles. The van der Waals surface area contributed by atoms with Crippen molar-refractivity contribution >= 4 is 5.91 Å². The molecule has 3 heterocycles. The summed E-state index contributed by atoms with van der Waals surface area (Å²) in [6.45, 7) is 3.30. The predicted octanol–water partition coefficient (Wildman–Crippen LogP) is 2.50. The fraction of sp³-hybridized carbons (Fsp3) is 0.500. The minimum Gasteiger partial charge on any atom is -0.497 e. The summed E-state index contributed by atoms with van der Waals surface area (Å²) >= 11 is 0. The average Bonchev–Trinajstić information content (AvgIpc) is 2.77. The van der Waals surface area contributed by atoms with Crippen LogP contribution in [0.15, 0.2) is 24.4 Å². The molecule has 0 spiro atoms. The number of rotatable bonds is 4. The van der Waals surface area contributed by atoms with Crippen LogP contribution in [0.5, 0.6) is 11.5 Å². The second-order valence-electron chi connectivity index (χ2n) is 7.84. The summed E-state index contributed by atoms with van der Waals surface area (Å²) in [6, 6.07) is 5.31. The van der Waals surface area contributed by atoms with E-state index in [1.165, 1.54) is 5.56 Å². The highest BCUT2D eigenvalue weighted by atomic mass is 16.5. The van der Waals surface area contributed by atoms with Gasteiger partial charge in [0.2, 0.25) is 0 Å². The zero-order valence-electron chi connectivity index (χ0n) is 17.4. The minimum absolute atomic E-state index is 0.0196. The lowest BCUT2D eigenvalue weighted by molar-refractivity contribution is 0.0701. The standard InChI is InChI=1S/C22H28N4O3/c1-25-10-8-19-16(13-25)12-23-21(24-19)15-5-4-9-26(14-15)22(27)18-7-6-17(28-2)11-20(18)29-3/h6-7,11-12,15H,4-5,8-10,13-14H2,1-3H3. The maximum Gasteiger partial charge on any atom is 0.257 e. The molecular formula is C22H28N4O3. The van der Waals surface area contributed by atoms with Gasteiger partial charge < -0.3 is 19.3 Å². The molecule has 7 heteroatoms. The lowest BCUT2D eigenvalue weighted by Gasteiger charge is -2.33. The molecule has 0 bridgehead atoms. The minimum atomic E-state index is -0.0196. The summed E-state index contributed by atoms with van der Waals surface area (Å²) in [5.41, 5.74) is 2.94. The molecule has 1 aromatic heterocycles. The van der Waals surface area contributed by atoms with E-state index in [0.717, 1.165) is 50.4 Å². The Bertz CT molecular complexity index is 902. The number of hydrogen-bond donors (Lipinski definition) is 0. The van der Waals surface area contributed by atoms with Crippen LogP contribution in [0.2, 0.25) is 0 Å². The van der Waals surface area contributed by atoms with Crippen LogP contribution in [0, 0.1) is 0 Å². The molecule has 1 atom stereocenters. The Balaban J connectivity index is 1.52. The van der Waals surface area contributed by atoms with Crippen molar-refractivity contribution in [2.75, 3.05) is 40.9 Å². The molecule has 2 aromatic rings. The first kappa shape index (κ1) is 19.6. The van der Waals surface area contributed by atoms with Crippen LogP contribution in [-0.4, -0.2) is 66.6 Å². The molecular weight excluding hydrogens is 368 g/mol. The molecule has 1 unspecified atom stereocenters. The van der Waals surface area contributed by atoms with Crippen molar-refractivity contribution in [1.29, 1.82) is 0 Å². The number of ether oxygens (including phenoxy) is 2. The van der Waals surface area contributed by atoms with Gasteiger partial charge in [-0.15, -0.1) is 0 Å². The van der Waals surface area contributed by atoms with Crippen molar-refractivity contribution in [3.8, 4) is 11.5 Å². The molecule has 2 aliphatic rings. The highest BCUT2D eigenvalue weighted by molar-refractivity contribution is 5.97. The first-order valence-electron chi connectivity index (χ1n) is 10.1. The van der Waals surface area contributed by atoms with E-state index >= 15 is 0 Å². The summed E-state index contributed by atoms with van der Waals surface area (Å²) in [5, 5.41) is 0. The SMILES string of the molecule is COc1ccc(C(=O)N2CCCC(c3ncc4c(n3)CCN(C)C4)C2)c(OC)c1. The first-order chi connectivity index (χ1) is 14.1. The molecule has 154 valence electrons. The Morgan fingerprint density at radius 1 is 1.21 bits per heavy atom. The number of piperidine rings is 1. The number of methoxy groups -OCH3 is 2. The van der Waals surface area contributed by atoms with E-state index in [1.54, 1.807) is 32.4 Å². The summed E-state index contributed by atoms with van der Waals surface area (Å²) < 4.78 is 10.7. The monoisotopic (exact) mass is 396 g/mol. The van der Waals surface area contributed by atoms with Gasteiger partial charge in [0.05, 0.1) is 19.8 Å². The smallest absolute Gasteiger partial charge is 0.257 e. The molecule has 1 amide bonds. The number of aromatic nitrogens is 2. The van der Waals surface area contributed by atoms with Gasteiger partial charge in [0.1, 0.15) is 17.3 Å². The Labute approximate surface area is 171 Å². The van der Waals surface area contributed by atoms with E-state index < -0.39 is 0 Å². The quantitative estimate of drug-likeness (QED) is 0.791. The third kappa shape index (κ3) is 4.05. The number of benzene rings is 1. The van der Waals surface area contributed by atoms with Crippen molar-refractivity contribution in [2.24, 2.45) is 0 Å². The van der Waals surface area contributed by atoms with Gasteiger partial charge in [-0.05, 0) is 32.0 Å². The van der Waals surface area contributed by atoms with Gasteiger partial charge in [-0.3, -0.25) is 4.79 Å². The van der Waals surface area contributed by atoms with Gasteiger partial charge in [-0.25, -0.2) is 9.97 Å². The Kier molecular flexibility index (Phi) is 5.67. The second kappa shape index (κ2) is 8.37. The van der Waals surface area contributed by atoms with Crippen LogP contribution in [0.3, 0.4) is 0 Å². The highest BCUT2D eigenvalue weighted by Crippen LogP contribution is 2.30. The Hall–Kier alpha value is -2.67. The lowest BCUT2D eigenvalue weighted by atomic mass is 9.95. The topological polar surface area (TPSA) is 67.8 Å². The van der Waals surface area contributed by atoms with E-state index in [2.05, 4.69) is 16.9 Å². The maximum atomic E-state index is 13.2. The van der Waals surface area contributed by atoms with Gasteiger partial charge in [0, 0.05) is 62.0 Å². The summed E-state index contributed by atoms with van der Waals surface area (Å²) in [7, 11) is 5.29. The van der Waals surface area contributed by atoms with Gasteiger partial charge in [-0.1, -0.05) is 0 Å². The van der Waals surface area contributed by atoms with Crippen molar-refractivity contribution in [3.05, 3.63) is 47.0 Å². The van der Waals surface area contributed by atoms with Gasteiger partial charge in [0.15, 0.2) is 0 Å². The number of hydrogen-bond acceptors (Lipinski definition) is 6. The molecule has 2 aliphatic heterocycles. The van der Waals surface area contributed by atoms with E-state index in [9.17, 15) is 4.79 Å². The molecule has 1 saturated heterocycles. The summed E-state index contributed by atoms with van der Waals surface area (Å²) in [5.74, 6) is 2.22. The fourth-order valence-electron chi connectivity index (χ4n) is 4.19. The number of carbonyl (C=O) groups excluding carboxylic acids is 1.